The van der Waals surface area contributed by atoms with E-state index in [4.69, 9.17) is 28.9 Å². The van der Waals surface area contributed by atoms with E-state index in [1.54, 1.807) is 0 Å². The number of amides is 4. The molecule has 2 saturated heterocycles. The van der Waals surface area contributed by atoms with Crippen molar-refractivity contribution in [3.05, 3.63) is 77.9 Å². The molecule has 0 unspecified atom stereocenters. The standard InChI is InChI=1S/C53H62N8O8/c1-28(2)45(58-52(64)66-5)50(62)60-18-8-11-42(60)48-54-39-16-13-33(22-41(39)56-48)32-12-15-36-35(20-32)27-69-44-23-37-34(21-38(36)44)14-17-40-47(37)57-49(55-40)43-19-31(26-68-25-30-9-7-10-30)24-61(43)51(63)46(29(3)4)59-53(65)67-6/h12-17,20-23,28-31,42-43,45-46H,7-11,18-19,24-27H2,1-6H3,(H,54,56)(H,55,57)(H,58,64)(H,59,65)/t31-,42-,43-,45-,46-/m0/s1. The second-order valence-corrected chi connectivity index (χ2v) is 20.0. The number of H-pyrrole nitrogens is 2. The first-order valence-electron chi connectivity index (χ1n) is 24.5. The molecule has 16 heteroatoms. The molecule has 69 heavy (non-hydrogen) atoms. The van der Waals surface area contributed by atoms with Crippen molar-refractivity contribution in [1.29, 1.82) is 0 Å². The quantitative estimate of drug-likeness (QED) is 0.0869. The highest BCUT2D eigenvalue weighted by Gasteiger charge is 2.42. The first kappa shape index (κ1) is 46.1. The van der Waals surface area contributed by atoms with Crippen LogP contribution < -0.4 is 15.4 Å². The Morgan fingerprint density at radius 2 is 1.39 bits per heavy atom. The number of fused-ring (bicyclic) bond motifs is 7. The maximum absolute atomic E-state index is 14.3. The summed E-state index contributed by atoms with van der Waals surface area (Å²) < 4.78 is 22.4. The molecule has 16 nitrogen and oxygen atoms in total. The number of aromatic nitrogens is 4. The van der Waals surface area contributed by atoms with E-state index in [9.17, 15) is 19.2 Å². The summed E-state index contributed by atoms with van der Waals surface area (Å²) in [6, 6.07) is 19.0. The van der Waals surface area contributed by atoms with Crippen LogP contribution in [0.25, 0.3) is 55.1 Å². The number of hydrogen-bond acceptors (Lipinski definition) is 10. The van der Waals surface area contributed by atoms with Crippen LogP contribution >= 0.6 is 0 Å². The number of rotatable bonds is 13. The number of carbonyl (C=O) groups is 4. The molecule has 10 rings (SSSR count). The number of nitrogens with one attached hydrogen (secondary N) is 4. The van der Waals surface area contributed by atoms with Gasteiger partial charge in [0.05, 0.1) is 55.0 Å². The van der Waals surface area contributed by atoms with Gasteiger partial charge in [-0.05, 0) is 114 Å². The van der Waals surface area contributed by atoms with Crippen LogP contribution in [0.2, 0.25) is 0 Å². The number of benzene rings is 4. The fourth-order valence-electron chi connectivity index (χ4n) is 10.7. The molecule has 5 atom stereocenters. The monoisotopic (exact) mass is 938 g/mol. The Labute approximate surface area is 401 Å². The molecule has 6 aromatic rings. The molecular formula is C53H62N8O8. The average molecular weight is 939 g/mol. The highest BCUT2D eigenvalue weighted by atomic mass is 16.5. The van der Waals surface area contributed by atoms with E-state index in [1.165, 1.54) is 33.5 Å². The van der Waals surface area contributed by atoms with Crippen molar-refractivity contribution in [3.8, 4) is 28.0 Å². The molecule has 4 aliphatic rings. The van der Waals surface area contributed by atoms with Gasteiger partial charge >= 0.3 is 12.2 Å². The number of methoxy groups -OCH3 is 2. The highest BCUT2D eigenvalue weighted by Crippen LogP contribution is 2.44. The summed E-state index contributed by atoms with van der Waals surface area (Å²) >= 11 is 0. The molecule has 5 heterocycles. The van der Waals surface area contributed by atoms with Gasteiger partial charge in [0.2, 0.25) is 11.8 Å². The molecule has 2 aromatic heterocycles. The van der Waals surface area contributed by atoms with Gasteiger partial charge in [-0.1, -0.05) is 58.4 Å². The number of alkyl carbamates (subject to hydrolysis) is 2. The smallest absolute Gasteiger partial charge is 0.407 e. The van der Waals surface area contributed by atoms with Gasteiger partial charge in [-0.15, -0.1) is 0 Å². The number of nitrogens with zero attached hydrogens (tertiary/aromatic N) is 4. The number of hydrogen-bond donors (Lipinski definition) is 4. The van der Waals surface area contributed by atoms with Crippen molar-refractivity contribution in [2.75, 3.05) is 40.5 Å². The van der Waals surface area contributed by atoms with Gasteiger partial charge in [0.1, 0.15) is 36.1 Å². The van der Waals surface area contributed by atoms with E-state index in [2.05, 4.69) is 69.1 Å². The third-order valence-corrected chi connectivity index (χ3v) is 14.8. The van der Waals surface area contributed by atoms with Crippen LogP contribution in [0, 0.1) is 23.7 Å². The maximum Gasteiger partial charge on any atom is 0.407 e. The molecule has 4 aromatic carbocycles. The van der Waals surface area contributed by atoms with Gasteiger partial charge in [-0.2, -0.15) is 0 Å². The summed E-state index contributed by atoms with van der Waals surface area (Å²) in [7, 11) is 2.60. The summed E-state index contributed by atoms with van der Waals surface area (Å²) in [5.41, 5.74) is 8.64. The highest BCUT2D eigenvalue weighted by molar-refractivity contribution is 6.07. The zero-order valence-corrected chi connectivity index (χ0v) is 40.2. The molecule has 1 saturated carbocycles. The van der Waals surface area contributed by atoms with Crippen molar-refractivity contribution >= 4 is 56.8 Å². The summed E-state index contributed by atoms with van der Waals surface area (Å²) in [6.07, 6.45) is 4.71. The number of imidazole rings is 2. The molecule has 3 fully saturated rings. The maximum atomic E-state index is 14.3. The summed E-state index contributed by atoms with van der Waals surface area (Å²) in [6.45, 7) is 10.5. The Morgan fingerprint density at radius 1 is 0.725 bits per heavy atom. The van der Waals surface area contributed by atoms with Crippen molar-refractivity contribution in [2.45, 2.75) is 97.0 Å². The molecule has 3 aliphatic heterocycles. The molecule has 0 bridgehead atoms. The minimum atomic E-state index is -0.757. The van der Waals surface area contributed by atoms with Crippen molar-refractivity contribution in [1.82, 2.24) is 40.4 Å². The number of carbonyl (C=O) groups excluding carboxylic acids is 4. The van der Waals surface area contributed by atoms with Crippen LogP contribution in [0.3, 0.4) is 0 Å². The molecule has 4 N–H and O–H groups in total. The first-order valence-corrected chi connectivity index (χ1v) is 24.5. The minimum absolute atomic E-state index is 0.117. The number of ether oxygens (including phenoxy) is 4. The van der Waals surface area contributed by atoms with E-state index in [0.717, 1.165) is 91.7 Å². The zero-order chi connectivity index (χ0) is 48.1. The van der Waals surface area contributed by atoms with Crippen LogP contribution in [-0.4, -0.2) is 106 Å². The predicted molar refractivity (Wildman–Crippen MR) is 261 cm³/mol. The van der Waals surface area contributed by atoms with Crippen LogP contribution in [0.1, 0.15) is 95.5 Å². The summed E-state index contributed by atoms with van der Waals surface area (Å²) in [4.78, 5) is 73.4. The van der Waals surface area contributed by atoms with Crippen LogP contribution in [-0.2, 0) is 30.4 Å². The van der Waals surface area contributed by atoms with Gasteiger partial charge < -0.3 is 49.3 Å². The molecule has 0 radical (unpaired) electrons. The third-order valence-electron chi connectivity index (χ3n) is 14.8. The van der Waals surface area contributed by atoms with Crippen molar-refractivity contribution < 1.29 is 38.1 Å². The van der Waals surface area contributed by atoms with Crippen LogP contribution in [0.4, 0.5) is 9.59 Å². The Morgan fingerprint density at radius 3 is 2.10 bits per heavy atom. The average Bonchev–Trinajstić information content (AvgIpc) is 4.17. The second kappa shape index (κ2) is 19.0. The Balaban J connectivity index is 0.898. The topological polar surface area (TPSA) is 193 Å². The Kier molecular flexibility index (Phi) is 12.7. The van der Waals surface area contributed by atoms with E-state index >= 15 is 0 Å². The summed E-state index contributed by atoms with van der Waals surface area (Å²) in [5.74, 6) is 2.37. The van der Waals surface area contributed by atoms with E-state index < -0.39 is 24.3 Å². The first-order chi connectivity index (χ1) is 33.4. The van der Waals surface area contributed by atoms with Gasteiger partial charge in [-0.3, -0.25) is 9.59 Å². The Bertz CT molecular complexity index is 2940. The lowest BCUT2D eigenvalue weighted by molar-refractivity contribution is -0.136. The van der Waals surface area contributed by atoms with E-state index in [0.29, 0.717) is 44.5 Å². The fourth-order valence-corrected chi connectivity index (χ4v) is 10.7. The predicted octanol–water partition coefficient (Wildman–Crippen LogP) is 8.95. The SMILES string of the molecule is COC(=O)N[C@H](C(=O)N1CCC[C@H]1c1nc2ccc(-c3ccc4c(c3)COc3cc5c(ccc6nc([C@@H]7C[C@H](COCC8CCC8)CN7C(=O)[C@@H](NC(=O)OC)C(C)C)[nH]c65)cc3-4)cc2[nH]1)C(C)C. The molecule has 362 valence electrons. The molecule has 1 aliphatic carbocycles. The third kappa shape index (κ3) is 8.94. The number of likely N-dealkylation sites (tertiary alicyclic amines) is 2. The molecule has 0 spiro atoms. The van der Waals surface area contributed by atoms with Gasteiger partial charge in [0.25, 0.3) is 0 Å². The van der Waals surface area contributed by atoms with Crippen LogP contribution in [0.5, 0.6) is 5.75 Å². The van der Waals surface area contributed by atoms with E-state index in [1.807, 2.05) is 49.6 Å². The van der Waals surface area contributed by atoms with Gasteiger partial charge in [-0.25, -0.2) is 19.6 Å². The van der Waals surface area contributed by atoms with Gasteiger partial charge in [0.15, 0.2) is 0 Å². The van der Waals surface area contributed by atoms with Crippen molar-refractivity contribution in [2.24, 2.45) is 23.7 Å². The van der Waals surface area contributed by atoms with Crippen LogP contribution in [0.15, 0.2) is 60.7 Å². The van der Waals surface area contributed by atoms with Crippen molar-refractivity contribution in [3.63, 3.8) is 0 Å². The minimum Gasteiger partial charge on any atom is -0.488 e. The lowest BCUT2D eigenvalue weighted by Gasteiger charge is -2.30. The molecule has 4 amide bonds. The largest absolute Gasteiger partial charge is 0.488 e. The normalized spacial score (nSPS) is 19.9. The lowest BCUT2D eigenvalue weighted by atomic mass is 9.86. The Hall–Kier alpha value is -6.68. The fraction of sp³-hybridized carbons (Fsp3) is 0.472. The van der Waals surface area contributed by atoms with Gasteiger partial charge in [0, 0.05) is 36.6 Å². The van der Waals surface area contributed by atoms with E-state index in [-0.39, 0.29) is 41.7 Å². The second-order valence-electron chi connectivity index (χ2n) is 20.0. The zero-order valence-electron chi connectivity index (χ0n) is 40.2. The number of aromatic amines is 2. The lowest BCUT2D eigenvalue weighted by Crippen LogP contribution is -2.51. The molecular weight excluding hydrogens is 877 g/mol. The summed E-state index contributed by atoms with van der Waals surface area (Å²) in [5, 5.41) is 7.51.